The molecule has 0 radical (unpaired) electrons. The molecule has 108 valence electrons. The van der Waals surface area contributed by atoms with Crippen molar-refractivity contribution in [3.8, 4) is 5.75 Å². The Hall–Kier alpha value is -2.29. The second-order valence-electron chi connectivity index (χ2n) is 5.46. The van der Waals surface area contributed by atoms with Gasteiger partial charge < -0.3 is 10.0 Å². The molecule has 2 aromatic carbocycles. The van der Waals surface area contributed by atoms with Crippen molar-refractivity contribution in [2.75, 3.05) is 11.4 Å². The molecule has 1 saturated carbocycles. The van der Waals surface area contributed by atoms with Gasteiger partial charge in [-0.1, -0.05) is 30.3 Å². The summed E-state index contributed by atoms with van der Waals surface area (Å²) in [5.41, 5.74) is 2.09. The first-order chi connectivity index (χ1) is 10.2. The molecule has 0 spiro atoms. The standard InChI is InChI=1S/C18H19NO2/c1-2-19(14-6-4-3-5-7-14)18(21)17-12-16(17)13-8-10-15(20)11-9-13/h3-11,16-17,20H,2,12H2,1H3. The molecule has 0 heterocycles. The lowest BCUT2D eigenvalue weighted by Gasteiger charge is -2.21. The molecule has 2 atom stereocenters. The van der Waals surface area contributed by atoms with E-state index >= 15 is 0 Å². The van der Waals surface area contributed by atoms with E-state index in [9.17, 15) is 9.90 Å². The minimum Gasteiger partial charge on any atom is -0.508 e. The molecule has 1 amide bonds. The van der Waals surface area contributed by atoms with Gasteiger partial charge in [-0.2, -0.15) is 0 Å². The summed E-state index contributed by atoms with van der Waals surface area (Å²) >= 11 is 0. The van der Waals surface area contributed by atoms with Gasteiger partial charge in [0.1, 0.15) is 5.75 Å². The van der Waals surface area contributed by atoms with Gasteiger partial charge in [-0.25, -0.2) is 0 Å². The predicted octanol–water partition coefficient (Wildman–Crippen LogP) is 3.55. The molecule has 0 aromatic heterocycles. The Balaban J connectivity index is 1.73. The summed E-state index contributed by atoms with van der Waals surface area (Å²) < 4.78 is 0. The maximum absolute atomic E-state index is 12.7. The Morgan fingerprint density at radius 2 is 1.81 bits per heavy atom. The summed E-state index contributed by atoms with van der Waals surface area (Å²) in [7, 11) is 0. The zero-order chi connectivity index (χ0) is 14.8. The summed E-state index contributed by atoms with van der Waals surface area (Å²) in [6, 6.07) is 17.0. The number of phenolic OH excluding ortho intramolecular Hbond substituents is 1. The average Bonchev–Trinajstić information content (AvgIpc) is 3.30. The fourth-order valence-corrected chi connectivity index (χ4v) is 2.83. The predicted molar refractivity (Wildman–Crippen MR) is 83.4 cm³/mol. The van der Waals surface area contributed by atoms with Crippen LogP contribution in [0, 0.1) is 5.92 Å². The first-order valence-electron chi connectivity index (χ1n) is 7.36. The fourth-order valence-electron chi connectivity index (χ4n) is 2.83. The number of para-hydroxylation sites is 1. The van der Waals surface area contributed by atoms with E-state index in [-0.39, 0.29) is 23.5 Å². The fraction of sp³-hybridized carbons (Fsp3) is 0.278. The van der Waals surface area contributed by atoms with E-state index in [1.54, 1.807) is 12.1 Å². The van der Waals surface area contributed by atoms with E-state index in [1.807, 2.05) is 54.3 Å². The van der Waals surface area contributed by atoms with Crippen LogP contribution in [0.1, 0.15) is 24.8 Å². The smallest absolute Gasteiger partial charge is 0.230 e. The van der Waals surface area contributed by atoms with Crippen molar-refractivity contribution in [3.63, 3.8) is 0 Å². The molecular weight excluding hydrogens is 262 g/mol. The van der Waals surface area contributed by atoms with Crippen LogP contribution in [0.25, 0.3) is 0 Å². The maximum atomic E-state index is 12.7. The lowest BCUT2D eigenvalue weighted by Crippen LogP contribution is -2.32. The van der Waals surface area contributed by atoms with Gasteiger partial charge in [-0.3, -0.25) is 4.79 Å². The lowest BCUT2D eigenvalue weighted by molar-refractivity contribution is -0.119. The van der Waals surface area contributed by atoms with E-state index in [1.165, 1.54) is 0 Å². The topological polar surface area (TPSA) is 40.5 Å². The van der Waals surface area contributed by atoms with Gasteiger partial charge in [0.2, 0.25) is 5.91 Å². The molecule has 1 aliphatic rings. The van der Waals surface area contributed by atoms with Crippen molar-refractivity contribution in [2.24, 2.45) is 5.92 Å². The van der Waals surface area contributed by atoms with Gasteiger partial charge in [-0.15, -0.1) is 0 Å². The van der Waals surface area contributed by atoms with Crippen LogP contribution < -0.4 is 4.90 Å². The number of aromatic hydroxyl groups is 1. The van der Waals surface area contributed by atoms with Crippen molar-refractivity contribution >= 4 is 11.6 Å². The Morgan fingerprint density at radius 1 is 1.14 bits per heavy atom. The third-order valence-electron chi connectivity index (χ3n) is 4.08. The highest BCUT2D eigenvalue weighted by Gasteiger charge is 2.45. The van der Waals surface area contributed by atoms with Gasteiger partial charge in [0.25, 0.3) is 0 Å². The number of anilines is 1. The van der Waals surface area contributed by atoms with Crippen molar-refractivity contribution in [1.82, 2.24) is 0 Å². The number of phenols is 1. The van der Waals surface area contributed by atoms with E-state index in [0.29, 0.717) is 6.54 Å². The Kier molecular flexibility index (Phi) is 3.65. The molecule has 0 saturated heterocycles. The molecule has 2 unspecified atom stereocenters. The molecule has 1 N–H and O–H groups in total. The van der Waals surface area contributed by atoms with Gasteiger partial charge in [0.15, 0.2) is 0 Å². The number of carbonyl (C=O) groups is 1. The van der Waals surface area contributed by atoms with Crippen molar-refractivity contribution in [3.05, 3.63) is 60.2 Å². The van der Waals surface area contributed by atoms with Crippen LogP contribution in [-0.2, 0) is 4.79 Å². The molecule has 3 heteroatoms. The van der Waals surface area contributed by atoms with Crippen LogP contribution in [0.4, 0.5) is 5.69 Å². The highest BCUT2D eigenvalue weighted by atomic mass is 16.3. The molecule has 3 nitrogen and oxygen atoms in total. The summed E-state index contributed by atoms with van der Waals surface area (Å²) in [6.45, 7) is 2.69. The number of amides is 1. The minimum absolute atomic E-state index is 0.0645. The van der Waals surface area contributed by atoms with Crippen LogP contribution in [0.15, 0.2) is 54.6 Å². The Morgan fingerprint density at radius 3 is 2.43 bits per heavy atom. The first kappa shape index (κ1) is 13.7. The molecule has 3 rings (SSSR count). The van der Waals surface area contributed by atoms with E-state index < -0.39 is 0 Å². The minimum atomic E-state index is 0.0645. The Labute approximate surface area is 124 Å². The summed E-state index contributed by atoms with van der Waals surface area (Å²) in [5, 5.41) is 9.33. The highest BCUT2D eigenvalue weighted by Crippen LogP contribution is 2.49. The molecule has 0 bridgehead atoms. The van der Waals surface area contributed by atoms with Gasteiger partial charge in [-0.05, 0) is 49.1 Å². The first-order valence-corrected chi connectivity index (χ1v) is 7.36. The quantitative estimate of drug-likeness (QED) is 0.931. The van der Waals surface area contributed by atoms with Crippen molar-refractivity contribution in [1.29, 1.82) is 0 Å². The molecule has 21 heavy (non-hydrogen) atoms. The number of hydrogen-bond acceptors (Lipinski definition) is 2. The average molecular weight is 281 g/mol. The second-order valence-corrected chi connectivity index (χ2v) is 5.46. The van der Waals surface area contributed by atoms with E-state index in [0.717, 1.165) is 17.7 Å². The van der Waals surface area contributed by atoms with Gasteiger partial charge in [0, 0.05) is 18.2 Å². The summed E-state index contributed by atoms with van der Waals surface area (Å²) in [5.74, 6) is 0.814. The number of nitrogens with zero attached hydrogens (tertiary/aromatic N) is 1. The lowest BCUT2D eigenvalue weighted by atomic mass is 10.1. The normalized spacial score (nSPS) is 20.0. The van der Waals surface area contributed by atoms with Crippen LogP contribution in [0.3, 0.4) is 0 Å². The molecule has 2 aromatic rings. The van der Waals surface area contributed by atoms with Crippen molar-refractivity contribution in [2.45, 2.75) is 19.3 Å². The number of benzene rings is 2. The van der Waals surface area contributed by atoms with E-state index in [4.69, 9.17) is 0 Å². The number of carbonyl (C=O) groups excluding carboxylic acids is 1. The SMILES string of the molecule is CCN(C(=O)C1CC1c1ccc(O)cc1)c1ccccc1. The molecule has 0 aliphatic heterocycles. The molecule has 1 fully saturated rings. The van der Waals surface area contributed by atoms with Gasteiger partial charge >= 0.3 is 0 Å². The zero-order valence-corrected chi connectivity index (χ0v) is 12.1. The third-order valence-corrected chi connectivity index (χ3v) is 4.08. The maximum Gasteiger partial charge on any atom is 0.230 e. The van der Waals surface area contributed by atoms with Crippen LogP contribution in [-0.4, -0.2) is 17.6 Å². The zero-order valence-electron chi connectivity index (χ0n) is 12.1. The molecule has 1 aliphatic carbocycles. The summed E-state index contributed by atoms with van der Waals surface area (Å²) in [6.07, 6.45) is 0.896. The van der Waals surface area contributed by atoms with Crippen LogP contribution >= 0.6 is 0 Å². The number of rotatable bonds is 4. The Bertz CT molecular complexity index is 621. The monoisotopic (exact) mass is 281 g/mol. The van der Waals surface area contributed by atoms with Crippen molar-refractivity contribution < 1.29 is 9.90 Å². The van der Waals surface area contributed by atoms with Gasteiger partial charge in [0.05, 0.1) is 0 Å². The largest absolute Gasteiger partial charge is 0.508 e. The number of hydrogen-bond donors (Lipinski definition) is 1. The van der Waals surface area contributed by atoms with Crippen LogP contribution in [0.5, 0.6) is 5.75 Å². The second kappa shape index (κ2) is 5.60. The molecular formula is C18H19NO2. The summed E-state index contributed by atoms with van der Waals surface area (Å²) in [4.78, 5) is 14.5. The van der Waals surface area contributed by atoms with E-state index in [2.05, 4.69) is 0 Å². The van der Waals surface area contributed by atoms with Crippen LogP contribution in [0.2, 0.25) is 0 Å². The third kappa shape index (κ3) is 2.77. The highest BCUT2D eigenvalue weighted by molar-refractivity contribution is 5.97.